The van der Waals surface area contributed by atoms with Crippen molar-refractivity contribution in [2.45, 2.75) is 6.92 Å². The van der Waals surface area contributed by atoms with Gasteiger partial charge in [0.15, 0.2) is 0 Å². The first kappa shape index (κ1) is 17.5. The number of thioether (sulfide) groups is 1. The van der Waals surface area contributed by atoms with Crippen LogP contribution < -0.4 is 0 Å². The third-order valence-corrected chi connectivity index (χ3v) is 3.73. The minimum atomic E-state index is -0.905. The Kier molecular flexibility index (Phi) is 7.25. The second-order valence-corrected chi connectivity index (χ2v) is 5.61. The molecule has 0 spiro atoms. The Labute approximate surface area is 136 Å². The molecule has 1 aromatic rings. The molecule has 1 rings (SSSR count). The van der Waals surface area contributed by atoms with Crippen LogP contribution in [0.4, 0.5) is 0 Å². The van der Waals surface area contributed by atoms with E-state index in [2.05, 4.69) is 20.7 Å². The molecule has 0 aliphatic carbocycles. The van der Waals surface area contributed by atoms with Crippen LogP contribution in [0, 0.1) is 0 Å². The fourth-order valence-electron chi connectivity index (χ4n) is 1.42. The molecule has 0 saturated heterocycles. The average Bonchev–Trinajstić information content (AvgIpc) is 2.48. The van der Waals surface area contributed by atoms with E-state index < -0.39 is 11.8 Å². The highest BCUT2D eigenvalue weighted by Crippen LogP contribution is 2.25. The Morgan fingerprint density at radius 2 is 1.90 bits per heavy atom. The van der Waals surface area contributed by atoms with E-state index in [0.717, 1.165) is 10.5 Å². The van der Waals surface area contributed by atoms with Crippen LogP contribution in [-0.4, -0.2) is 29.7 Å². The highest BCUT2D eigenvalue weighted by atomic mass is 79.9. The van der Waals surface area contributed by atoms with Crippen LogP contribution >= 0.6 is 27.7 Å². The van der Waals surface area contributed by atoms with E-state index in [9.17, 15) is 14.7 Å². The minimum Gasteiger partial charge on any atom is -0.506 e. The number of hydrogen-bond acceptors (Lipinski definition) is 5. The summed E-state index contributed by atoms with van der Waals surface area (Å²) in [4.78, 5) is 23.2. The lowest BCUT2D eigenvalue weighted by Crippen LogP contribution is -2.14. The van der Waals surface area contributed by atoms with Crippen molar-refractivity contribution in [3.05, 3.63) is 51.4 Å². The van der Waals surface area contributed by atoms with E-state index in [0.29, 0.717) is 10.5 Å². The summed E-state index contributed by atoms with van der Waals surface area (Å²) in [6.45, 7) is 1.77. The van der Waals surface area contributed by atoms with Crippen LogP contribution in [-0.2, 0) is 14.3 Å². The summed E-state index contributed by atoms with van der Waals surface area (Å²) < 4.78 is 5.50. The third-order valence-electron chi connectivity index (χ3n) is 2.43. The Morgan fingerprint density at radius 3 is 2.43 bits per heavy atom. The molecule has 112 valence electrons. The molecule has 0 heterocycles. The maximum atomic E-state index is 11.5. The molecule has 0 saturated carbocycles. The van der Waals surface area contributed by atoms with Crippen LogP contribution in [0.2, 0.25) is 0 Å². The molecule has 0 fully saturated rings. The van der Waals surface area contributed by atoms with Gasteiger partial charge in [-0.2, -0.15) is 0 Å². The zero-order valence-electron chi connectivity index (χ0n) is 11.6. The van der Waals surface area contributed by atoms with Crippen molar-refractivity contribution in [1.29, 1.82) is 0 Å². The van der Waals surface area contributed by atoms with Crippen LogP contribution in [0.25, 0.3) is 5.76 Å². The second kappa shape index (κ2) is 8.69. The molecule has 0 unspecified atom stereocenters. The highest BCUT2D eigenvalue weighted by molar-refractivity contribution is 9.10. The molecule has 0 bridgehead atoms. The van der Waals surface area contributed by atoms with Crippen LogP contribution in [0.1, 0.15) is 12.5 Å². The maximum Gasteiger partial charge on any atom is 0.379 e. The molecule has 21 heavy (non-hydrogen) atoms. The SMILES string of the molecule is CCOC(=O)C(=O)/C=C/C(SC)=C(\O)c1ccc(Br)cc1. The first-order valence-corrected chi connectivity index (χ1v) is 8.13. The number of halogens is 1. The number of hydrogen-bond donors (Lipinski definition) is 1. The Balaban J connectivity index is 2.95. The Bertz CT molecular complexity index is 576. The van der Waals surface area contributed by atoms with Crippen molar-refractivity contribution in [1.82, 2.24) is 0 Å². The fourth-order valence-corrected chi connectivity index (χ4v) is 2.19. The van der Waals surface area contributed by atoms with Crippen molar-refractivity contribution in [2.75, 3.05) is 12.9 Å². The topological polar surface area (TPSA) is 63.6 Å². The van der Waals surface area contributed by atoms with Gasteiger partial charge in [0, 0.05) is 14.9 Å². The number of carbonyl (C=O) groups excluding carboxylic acids is 2. The summed E-state index contributed by atoms with van der Waals surface area (Å²) in [5, 5.41) is 10.2. The predicted molar refractivity (Wildman–Crippen MR) is 88.0 cm³/mol. The molecule has 6 heteroatoms. The number of aliphatic hydroxyl groups is 1. The van der Waals surface area contributed by atoms with E-state index >= 15 is 0 Å². The number of ether oxygens (including phenoxy) is 1. The summed E-state index contributed by atoms with van der Waals surface area (Å²) in [7, 11) is 0. The molecule has 0 amide bonds. The van der Waals surface area contributed by atoms with Gasteiger partial charge < -0.3 is 9.84 Å². The average molecular weight is 371 g/mol. The summed E-state index contributed by atoms with van der Waals surface area (Å²) in [6.07, 6.45) is 4.27. The molecule has 1 N–H and O–H groups in total. The van der Waals surface area contributed by atoms with Crippen molar-refractivity contribution in [3.8, 4) is 0 Å². The van der Waals surface area contributed by atoms with Gasteiger partial charge in [-0.1, -0.05) is 28.1 Å². The summed E-state index contributed by atoms with van der Waals surface area (Å²) >= 11 is 4.59. The summed E-state index contributed by atoms with van der Waals surface area (Å²) in [5.74, 6) is -1.62. The normalized spacial score (nSPS) is 12.1. The van der Waals surface area contributed by atoms with E-state index in [1.165, 1.54) is 17.8 Å². The van der Waals surface area contributed by atoms with Gasteiger partial charge in [-0.25, -0.2) is 4.79 Å². The van der Waals surface area contributed by atoms with Crippen molar-refractivity contribution < 1.29 is 19.4 Å². The smallest absolute Gasteiger partial charge is 0.379 e. The van der Waals surface area contributed by atoms with Gasteiger partial charge in [0.25, 0.3) is 5.78 Å². The van der Waals surface area contributed by atoms with Gasteiger partial charge in [-0.15, -0.1) is 11.8 Å². The lowest BCUT2D eigenvalue weighted by atomic mass is 10.2. The molecule has 1 aromatic carbocycles. The quantitative estimate of drug-likeness (QED) is 0.271. The largest absolute Gasteiger partial charge is 0.506 e. The zero-order chi connectivity index (χ0) is 15.8. The van der Waals surface area contributed by atoms with Crippen molar-refractivity contribution in [3.63, 3.8) is 0 Å². The van der Waals surface area contributed by atoms with Crippen molar-refractivity contribution >= 4 is 45.2 Å². The summed E-state index contributed by atoms with van der Waals surface area (Å²) in [5.41, 5.74) is 0.621. The van der Waals surface area contributed by atoms with Crippen LogP contribution in [0.15, 0.2) is 45.8 Å². The first-order valence-electron chi connectivity index (χ1n) is 6.12. The number of benzene rings is 1. The molecule has 0 radical (unpaired) electrons. The molecule has 0 aliphatic rings. The fraction of sp³-hybridized carbons (Fsp3) is 0.200. The highest BCUT2D eigenvalue weighted by Gasteiger charge is 2.11. The van der Waals surface area contributed by atoms with Gasteiger partial charge in [-0.05, 0) is 37.5 Å². The summed E-state index contributed by atoms with van der Waals surface area (Å²) in [6, 6.07) is 7.10. The first-order chi connectivity index (χ1) is 9.99. The van der Waals surface area contributed by atoms with Gasteiger partial charge in [0.05, 0.1) is 6.61 Å². The molecule has 0 aromatic heterocycles. The zero-order valence-corrected chi connectivity index (χ0v) is 14.0. The molecule has 4 nitrogen and oxygen atoms in total. The lowest BCUT2D eigenvalue weighted by Gasteiger charge is -2.05. The van der Waals surface area contributed by atoms with E-state index in [1.807, 2.05) is 0 Å². The van der Waals surface area contributed by atoms with Gasteiger partial charge >= 0.3 is 5.97 Å². The predicted octanol–water partition coefficient (Wildman–Crippen LogP) is 3.73. The van der Waals surface area contributed by atoms with E-state index in [4.69, 9.17) is 0 Å². The number of carbonyl (C=O) groups is 2. The number of ketones is 1. The van der Waals surface area contributed by atoms with E-state index in [-0.39, 0.29) is 12.4 Å². The number of esters is 1. The van der Waals surface area contributed by atoms with E-state index in [1.54, 1.807) is 37.4 Å². The number of aliphatic hydroxyl groups excluding tert-OH is 1. The lowest BCUT2D eigenvalue weighted by molar-refractivity contribution is -0.151. The molecular weight excluding hydrogens is 356 g/mol. The maximum absolute atomic E-state index is 11.5. The second-order valence-electron chi connectivity index (χ2n) is 3.84. The van der Waals surface area contributed by atoms with Gasteiger partial charge in [-0.3, -0.25) is 4.79 Å². The third kappa shape index (κ3) is 5.40. The standard InChI is InChI=1S/C15H15BrO4S/c1-3-20-15(19)12(17)8-9-13(21-2)14(18)10-4-6-11(16)7-5-10/h4-9,18H,3H2,1-2H3/b9-8+,14-13+. The number of rotatable bonds is 6. The van der Waals surface area contributed by atoms with Crippen LogP contribution in [0.3, 0.4) is 0 Å². The molecule has 0 atom stereocenters. The van der Waals surface area contributed by atoms with Gasteiger partial charge in [0.1, 0.15) is 5.76 Å². The number of allylic oxidation sites excluding steroid dienone is 1. The molecular formula is C15H15BrO4S. The Morgan fingerprint density at radius 1 is 1.29 bits per heavy atom. The Hall–Kier alpha value is -1.53. The monoisotopic (exact) mass is 370 g/mol. The van der Waals surface area contributed by atoms with Crippen molar-refractivity contribution in [2.24, 2.45) is 0 Å². The molecule has 0 aliphatic heterocycles. The minimum absolute atomic E-state index is 0.0444. The van der Waals surface area contributed by atoms with Gasteiger partial charge in [0.2, 0.25) is 0 Å². The van der Waals surface area contributed by atoms with Crippen LogP contribution in [0.5, 0.6) is 0 Å².